The fourth-order valence-electron chi connectivity index (χ4n) is 3.06. The number of aromatic nitrogens is 1. The van der Waals surface area contributed by atoms with E-state index < -0.39 is 5.41 Å². The first-order valence-corrected chi connectivity index (χ1v) is 7.43. The van der Waals surface area contributed by atoms with Crippen molar-refractivity contribution in [2.45, 2.75) is 24.8 Å². The molecule has 0 aliphatic carbocycles. The summed E-state index contributed by atoms with van der Waals surface area (Å²) in [5, 5.41) is 9.82. The highest BCUT2D eigenvalue weighted by molar-refractivity contribution is 7.81. The van der Waals surface area contributed by atoms with Gasteiger partial charge in [-0.3, -0.25) is 0 Å². The van der Waals surface area contributed by atoms with Crippen molar-refractivity contribution in [3.8, 4) is 6.07 Å². The highest BCUT2D eigenvalue weighted by atomic mass is 32.1. The van der Waals surface area contributed by atoms with Gasteiger partial charge in [0.2, 0.25) is 0 Å². The van der Waals surface area contributed by atoms with Gasteiger partial charge in [-0.05, 0) is 36.1 Å². The molecule has 0 fully saturated rings. The molecule has 2 heterocycles. The van der Waals surface area contributed by atoms with Crippen LogP contribution in [0.15, 0.2) is 55.3 Å². The predicted octanol–water partition coefficient (Wildman–Crippen LogP) is 3.80. The van der Waals surface area contributed by atoms with Gasteiger partial charge in [-0.15, -0.1) is 6.58 Å². The number of hydrogen-bond donors (Lipinski definition) is 0. The second kappa shape index (κ2) is 5.31. The molecule has 0 bridgehead atoms. The van der Waals surface area contributed by atoms with Gasteiger partial charge in [-0.25, -0.2) is 0 Å². The maximum atomic E-state index is 9.82. The number of nitrogens with zero attached hydrogens (tertiary/aromatic N) is 2. The Kier molecular flexibility index (Phi) is 3.48. The van der Waals surface area contributed by atoms with E-state index in [2.05, 4.69) is 29.3 Å². The van der Waals surface area contributed by atoms with Crippen LogP contribution in [0.2, 0.25) is 0 Å². The normalized spacial score (nSPS) is 19.8. The van der Waals surface area contributed by atoms with E-state index in [1.165, 1.54) is 5.56 Å². The fraction of sp³-hybridized carbons (Fsp3) is 0.222. The molecule has 0 N–H and O–H groups in total. The number of hydrogen-bond acceptors (Lipinski definition) is 2. The third kappa shape index (κ3) is 2.12. The lowest BCUT2D eigenvalue weighted by Crippen LogP contribution is -2.31. The predicted molar refractivity (Wildman–Crippen MR) is 88.4 cm³/mol. The standard InChI is InChI=1S/C18H16N2S/c1-2-5-14-6-3-7-15(12-14)17(21)18(13-19)9-11-20-10-4-8-16(18)20/h2-4,6-8,10,12H,1,5,9,11H2. The summed E-state index contributed by atoms with van der Waals surface area (Å²) in [4.78, 5) is 0.730. The molecule has 2 aromatic rings. The average molecular weight is 292 g/mol. The molecule has 0 saturated heterocycles. The van der Waals surface area contributed by atoms with Crippen LogP contribution in [0.3, 0.4) is 0 Å². The van der Waals surface area contributed by atoms with Crippen molar-refractivity contribution in [1.29, 1.82) is 5.26 Å². The lowest BCUT2D eigenvalue weighted by Gasteiger charge is -2.22. The van der Waals surface area contributed by atoms with Crippen LogP contribution < -0.4 is 0 Å². The average Bonchev–Trinajstić information content (AvgIpc) is 3.09. The van der Waals surface area contributed by atoms with Gasteiger partial charge in [0.1, 0.15) is 5.41 Å². The Hall–Kier alpha value is -2.18. The summed E-state index contributed by atoms with van der Waals surface area (Å²) in [7, 11) is 0. The Morgan fingerprint density at radius 1 is 1.43 bits per heavy atom. The van der Waals surface area contributed by atoms with Crippen LogP contribution in [-0.2, 0) is 18.4 Å². The molecule has 0 amide bonds. The summed E-state index contributed by atoms with van der Waals surface area (Å²) in [6.45, 7) is 4.62. The van der Waals surface area contributed by atoms with Crippen LogP contribution in [0, 0.1) is 11.3 Å². The Bertz CT molecular complexity index is 751. The zero-order valence-electron chi connectivity index (χ0n) is 11.7. The second-order valence-electron chi connectivity index (χ2n) is 5.38. The van der Waals surface area contributed by atoms with Crippen LogP contribution in [0.5, 0.6) is 0 Å². The molecule has 1 unspecified atom stereocenters. The van der Waals surface area contributed by atoms with Crippen molar-refractivity contribution in [1.82, 2.24) is 4.57 Å². The Morgan fingerprint density at radius 3 is 3.05 bits per heavy atom. The lowest BCUT2D eigenvalue weighted by atomic mass is 9.78. The molecule has 2 nitrogen and oxygen atoms in total. The number of aryl methyl sites for hydroxylation is 1. The molecule has 3 heteroatoms. The van der Waals surface area contributed by atoms with Gasteiger partial charge in [0.05, 0.1) is 6.07 Å². The van der Waals surface area contributed by atoms with Crippen molar-refractivity contribution >= 4 is 17.1 Å². The fourth-order valence-corrected chi connectivity index (χ4v) is 3.44. The van der Waals surface area contributed by atoms with Crippen LogP contribution in [0.4, 0.5) is 0 Å². The number of fused-ring (bicyclic) bond motifs is 1. The minimum atomic E-state index is -0.675. The third-order valence-corrected chi connectivity index (χ3v) is 4.73. The first kappa shape index (κ1) is 13.8. The summed E-state index contributed by atoms with van der Waals surface area (Å²) >= 11 is 5.72. The minimum absolute atomic E-state index is 0.675. The SMILES string of the molecule is C=CCc1cccc(C(=S)C2(C#N)CCn3cccc32)c1. The molecule has 0 radical (unpaired) electrons. The molecule has 0 saturated carbocycles. The zero-order chi connectivity index (χ0) is 14.9. The van der Waals surface area contributed by atoms with Gasteiger partial charge in [0.25, 0.3) is 0 Å². The van der Waals surface area contributed by atoms with Crippen molar-refractivity contribution in [3.05, 3.63) is 72.1 Å². The Labute approximate surface area is 130 Å². The maximum Gasteiger partial charge on any atom is 0.134 e. The Morgan fingerprint density at radius 2 is 2.29 bits per heavy atom. The quantitative estimate of drug-likeness (QED) is 0.487. The number of allylic oxidation sites excluding steroid dienone is 1. The Balaban J connectivity index is 2.04. The van der Waals surface area contributed by atoms with Gasteiger partial charge < -0.3 is 4.57 Å². The summed E-state index contributed by atoms with van der Waals surface area (Å²) in [5.74, 6) is 0. The molecular weight excluding hydrogens is 276 g/mol. The highest BCUT2D eigenvalue weighted by Gasteiger charge is 2.43. The number of benzene rings is 1. The van der Waals surface area contributed by atoms with Gasteiger partial charge in [0, 0.05) is 23.3 Å². The first-order valence-electron chi connectivity index (χ1n) is 7.03. The van der Waals surface area contributed by atoms with E-state index in [0.29, 0.717) is 0 Å². The number of rotatable bonds is 4. The van der Waals surface area contributed by atoms with Crippen molar-refractivity contribution in [3.63, 3.8) is 0 Å². The molecule has 21 heavy (non-hydrogen) atoms. The van der Waals surface area contributed by atoms with E-state index >= 15 is 0 Å². The highest BCUT2D eigenvalue weighted by Crippen LogP contribution is 2.38. The molecule has 1 aromatic carbocycles. The summed E-state index contributed by atoms with van der Waals surface area (Å²) < 4.78 is 2.13. The van der Waals surface area contributed by atoms with E-state index in [1.807, 2.05) is 36.5 Å². The molecule has 1 aliphatic heterocycles. The van der Waals surface area contributed by atoms with Crippen molar-refractivity contribution in [2.24, 2.45) is 0 Å². The lowest BCUT2D eigenvalue weighted by molar-refractivity contribution is 0.689. The molecule has 1 atom stereocenters. The van der Waals surface area contributed by atoms with Crippen LogP contribution >= 0.6 is 12.2 Å². The topological polar surface area (TPSA) is 28.7 Å². The smallest absolute Gasteiger partial charge is 0.134 e. The summed E-state index contributed by atoms with van der Waals surface area (Å²) in [6.07, 6.45) is 5.46. The van der Waals surface area contributed by atoms with Gasteiger partial charge in [-0.2, -0.15) is 5.26 Å². The van der Waals surface area contributed by atoms with E-state index in [1.54, 1.807) is 0 Å². The van der Waals surface area contributed by atoms with Gasteiger partial charge in [0.15, 0.2) is 0 Å². The molecular formula is C18H16N2S. The summed E-state index contributed by atoms with van der Waals surface area (Å²) in [6, 6.07) is 14.6. The molecule has 104 valence electrons. The van der Waals surface area contributed by atoms with Crippen LogP contribution in [-0.4, -0.2) is 9.43 Å². The molecule has 0 spiro atoms. The van der Waals surface area contributed by atoms with E-state index in [9.17, 15) is 5.26 Å². The van der Waals surface area contributed by atoms with Crippen LogP contribution in [0.1, 0.15) is 23.2 Å². The van der Waals surface area contributed by atoms with Crippen molar-refractivity contribution < 1.29 is 0 Å². The first-order chi connectivity index (χ1) is 10.2. The molecule has 1 aliphatic rings. The third-order valence-electron chi connectivity index (χ3n) is 4.14. The number of nitriles is 1. The molecule has 3 rings (SSSR count). The van der Waals surface area contributed by atoms with Crippen LogP contribution in [0.25, 0.3) is 0 Å². The monoisotopic (exact) mass is 292 g/mol. The minimum Gasteiger partial charge on any atom is -0.350 e. The van der Waals surface area contributed by atoms with Crippen molar-refractivity contribution in [2.75, 3.05) is 0 Å². The van der Waals surface area contributed by atoms with E-state index in [4.69, 9.17) is 12.2 Å². The van der Waals surface area contributed by atoms with Gasteiger partial charge in [-0.1, -0.05) is 42.6 Å². The largest absolute Gasteiger partial charge is 0.350 e. The second-order valence-corrected chi connectivity index (χ2v) is 5.78. The van der Waals surface area contributed by atoms with Gasteiger partial charge >= 0.3 is 0 Å². The summed E-state index contributed by atoms with van der Waals surface area (Å²) in [5.41, 5.74) is 2.49. The maximum absolute atomic E-state index is 9.82. The zero-order valence-corrected chi connectivity index (χ0v) is 12.6. The van der Waals surface area contributed by atoms with E-state index in [-0.39, 0.29) is 0 Å². The molecule has 1 aromatic heterocycles. The number of thiocarbonyl (C=S) groups is 1. The van der Waals surface area contributed by atoms with E-state index in [0.717, 1.165) is 35.5 Å².